The molecule has 144 valence electrons. The summed E-state index contributed by atoms with van der Waals surface area (Å²) in [4.78, 5) is 24.1. The SMILES string of the molecule is CCOC(=O)[C@H](C)NC(=O)C1CCN(S(=O)(=O)c2ccc(Cl)cc2)CC1. The number of ether oxygens (including phenoxy) is 1. The van der Waals surface area contributed by atoms with Crippen LogP contribution >= 0.6 is 11.6 Å². The Kier molecular flexibility index (Phi) is 7.02. The zero-order chi connectivity index (χ0) is 19.3. The third kappa shape index (κ3) is 4.96. The van der Waals surface area contributed by atoms with E-state index in [1.54, 1.807) is 13.8 Å². The van der Waals surface area contributed by atoms with Crippen LogP contribution in [0, 0.1) is 5.92 Å². The van der Waals surface area contributed by atoms with Crippen molar-refractivity contribution in [2.24, 2.45) is 5.92 Å². The van der Waals surface area contributed by atoms with Gasteiger partial charge < -0.3 is 10.1 Å². The van der Waals surface area contributed by atoms with Gasteiger partial charge in [0, 0.05) is 24.0 Å². The second-order valence-corrected chi connectivity index (χ2v) is 8.49. The Morgan fingerprint density at radius 2 is 1.85 bits per heavy atom. The van der Waals surface area contributed by atoms with E-state index in [1.165, 1.54) is 28.6 Å². The number of nitrogens with zero attached hydrogens (tertiary/aromatic N) is 1. The molecule has 0 spiro atoms. The molecule has 1 aliphatic heterocycles. The van der Waals surface area contributed by atoms with Crippen LogP contribution < -0.4 is 5.32 Å². The lowest BCUT2D eigenvalue weighted by Gasteiger charge is -2.31. The molecule has 1 aromatic rings. The van der Waals surface area contributed by atoms with Crippen molar-refractivity contribution in [2.45, 2.75) is 37.6 Å². The predicted octanol–water partition coefficient (Wildman–Crippen LogP) is 1.81. The number of nitrogens with one attached hydrogen (secondary N) is 1. The number of piperidine rings is 1. The van der Waals surface area contributed by atoms with Gasteiger partial charge in [-0.1, -0.05) is 11.6 Å². The first-order valence-corrected chi connectivity index (χ1v) is 10.3. The van der Waals surface area contributed by atoms with E-state index < -0.39 is 22.0 Å². The minimum Gasteiger partial charge on any atom is -0.464 e. The van der Waals surface area contributed by atoms with Crippen LogP contribution in [0.5, 0.6) is 0 Å². The fraction of sp³-hybridized carbons (Fsp3) is 0.529. The van der Waals surface area contributed by atoms with E-state index >= 15 is 0 Å². The number of sulfonamides is 1. The first-order valence-electron chi connectivity index (χ1n) is 8.48. The van der Waals surface area contributed by atoms with Gasteiger partial charge in [0.25, 0.3) is 0 Å². The molecule has 1 N–H and O–H groups in total. The molecule has 1 fully saturated rings. The van der Waals surface area contributed by atoms with Crippen LogP contribution in [0.15, 0.2) is 29.2 Å². The number of hydrogen-bond donors (Lipinski definition) is 1. The van der Waals surface area contributed by atoms with Gasteiger partial charge in [0.05, 0.1) is 11.5 Å². The van der Waals surface area contributed by atoms with Gasteiger partial charge in [0.2, 0.25) is 15.9 Å². The summed E-state index contributed by atoms with van der Waals surface area (Å²) in [5, 5.41) is 3.10. The first kappa shape index (κ1) is 20.7. The second kappa shape index (κ2) is 8.83. The molecule has 0 saturated carbocycles. The monoisotopic (exact) mass is 402 g/mol. The van der Waals surface area contributed by atoms with Crippen LogP contribution in [0.2, 0.25) is 5.02 Å². The van der Waals surface area contributed by atoms with Crippen LogP contribution in [0.3, 0.4) is 0 Å². The second-order valence-electron chi connectivity index (χ2n) is 6.11. The summed E-state index contributed by atoms with van der Waals surface area (Å²) in [6.07, 6.45) is 0.794. The molecule has 1 aliphatic rings. The zero-order valence-corrected chi connectivity index (χ0v) is 16.3. The Hall–Kier alpha value is -1.64. The lowest BCUT2D eigenvalue weighted by molar-refractivity contribution is -0.147. The van der Waals surface area contributed by atoms with Crippen LogP contribution in [0.4, 0.5) is 0 Å². The van der Waals surface area contributed by atoms with E-state index in [9.17, 15) is 18.0 Å². The summed E-state index contributed by atoms with van der Waals surface area (Å²) in [6.45, 7) is 4.01. The summed E-state index contributed by atoms with van der Waals surface area (Å²) in [7, 11) is -3.60. The van der Waals surface area contributed by atoms with Gasteiger partial charge in [-0.3, -0.25) is 4.79 Å². The minimum absolute atomic E-state index is 0.181. The van der Waals surface area contributed by atoms with E-state index in [0.29, 0.717) is 17.9 Å². The maximum Gasteiger partial charge on any atom is 0.328 e. The molecule has 0 aromatic heterocycles. The molecule has 1 heterocycles. The van der Waals surface area contributed by atoms with Crippen molar-refractivity contribution >= 4 is 33.5 Å². The maximum absolute atomic E-state index is 12.6. The number of carbonyl (C=O) groups excluding carboxylic acids is 2. The van der Waals surface area contributed by atoms with Crippen LogP contribution in [-0.2, 0) is 24.3 Å². The fourth-order valence-corrected chi connectivity index (χ4v) is 4.37. The number of hydrogen-bond acceptors (Lipinski definition) is 5. The number of halogens is 1. The molecule has 7 nitrogen and oxygen atoms in total. The smallest absolute Gasteiger partial charge is 0.328 e. The van der Waals surface area contributed by atoms with E-state index in [2.05, 4.69) is 5.32 Å². The molecule has 0 aliphatic carbocycles. The summed E-state index contributed by atoms with van der Waals surface area (Å²) < 4.78 is 31.5. The van der Waals surface area contributed by atoms with Crippen molar-refractivity contribution in [3.05, 3.63) is 29.3 Å². The van der Waals surface area contributed by atoms with Gasteiger partial charge in [0.1, 0.15) is 6.04 Å². The number of esters is 1. The number of rotatable bonds is 6. The first-order chi connectivity index (χ1) is 12.3. The highest BCUT2D eigenvalue weighted by atomic mass is 35.5. The van der Waals surface area contributed by atoms with Gasteiger partial charge in [0.15, 0.2) is 0 Å². The van der Waals surface area contributed by atoms with Crippen molar-refractivity contribution in [1.29, 1.82) is 0 Å². The maximum atomic E-state index is 12.6. The Bertz CT molecular complexity index is 743. The van der Waals surface area contributed by atoms with Gasteiger partial charge >= 0.3 is 5.97 Å². The third-order valence-electron chi connectivity index (χ3n) is 4.28. The summed E-state index contributed by atoms with van der Waals surface area (Å²) in [6, 6.07) is 5.28. The lowest BCUT2D eigenvalue weighted by Crippen LogP contribution is -2.46. The van der Waals surface area contributed by atoms with Gasteiger partial charge in [-0.2, -0.15) is 4.31 Å². The molecule has 9 heteroatoms. The van der Waals surface area contributed by atoms with Crippen LogP contribution in [0.25, 0.3) is 0 Å². The van der Waals surface area contributed by atoms with Crippen molar-refractivity contribution in [3.63, 3.8) is 0 Å². The zero-order valence-electron chi connectivity index (χ0n) is 14.8. The fourth-order valence-electron chi connectivity index (χ4n) is 2.77. The molecular weight excluding hydrogens is 380 g/mol. The lowest BCUT2D eigenvalue weighted by atomic mass is 9.97. The average molecular weight is 403 g/mol. The van der Waals surface area contributed by atoms with Gasteiger partial charge in [-0.25, -0.2) is 13.2 Å². The van der Waals surface area contributed by atoms with Crippen molar-refractivity contribution in [1.82, 2.24) is 9.62 Å². The van der Waals surface area contributed by atoms with E-state index in [4.69, 9.17) is 16.3 Å². The summed E-state index contributed by atoms with van der Waals surface area (Å²) >= 11 is 5.80. The minimum atomic E-state index is -3.60. The van der Waals surface area contributed by atoms with E-state index in [0.717, 1.165) is 0 Å². The Morgan fingerprint density at radius 3 is 2.38 bits per heavy atom. The van der Waals surface area contributed by atoms with Crippen molar-refractivity contribution in [3.8, 4) is 0 Å². The van der Waals surface area contributed by atoms with Crippen molar-refractivity contribution < 1.29 is 22.7 Å². The number of amides is 1. The number of carbonyl (C=O) groups is 2. The standard InChI is InChI=1S/C17H23ClN2O5S/c1-3-25-17(22)12(2)19-16(21)13-8-10-20(11-9-13)26(23,24)15-6-4-14(18)5-7-15/h4-7,12-13H,3,8-11H2,1-2H3,(H,19,21)/t12-/m0/s1. The predicted molar refractivity (Wildman–Crippen MR) is 97.2 cm³/mol. The highest BCUT2D eigenvalue weighted by Gasteiger charge is 2.33. The highest BCUT2D eigenvalue weighted by molar-refractivity contribution is 7.89. The third-order valence-corrected chi connectivity index (χ3v) is 6.44. The summed E-state index contributed by atoms with van der Waals surface area (Å²) in [5.74, 6) is -1.07. The molecule has 1 saturated heterocycles. The molecule has 1 amide bonds. The van der Waals surface area contributed by atoms with E-state index in [-0.39, 0.29) is 36.4 Å². The van der Waals surface area contributed by atoms with Crippen LogP contribution in [-0.4, -0.2) is 50.3 Å². The van der Waals surface area contributed by atoms with Crippen molar-refractivity contribution in [2.75, 3.05) is 19.7 Å². The van der Waals surface area contributed by atoms with Gasteiger partial charge in [-0.05, 0) is 51.0 Å². The highest BCUT2D eigenvalue weighted by Crippen LogP contribution is 2.25. The molecule has 26 heavy (non-hydrogen) atoms. The quantitative estimate of drug-likeness (QED) is 0.732. The Balaban J connectivity index is 1.93. The average Bonchev–Trinajstić information content (AvgIpc) is 2.62. The van der Waals surface area contributed by atoms with E-state index in [1.807, 2.05) is 0 Å². The molecule has 0 bridgehead atoms. The molecule has 2 rings (SSSR count). The topological polar surface area (TPSA) is 92.8 Å². The number of benzene rings is 1. The molecular formula is C17H23ClN2O5S. The van der Waals surface area contributed by atoms with Crippen LogP contribution in [0.1, 0.15) is 26.7 Å². The molecule has 1 atom stereocenters. The normalized spacial score (nSPS) is 17.5. The summed E-state index contributed by atoms with van der Waals surface area (Å²) in [5.41, 5.74) is 0. The Labute approximate surface area is 158 Å². The van der Waals surface area contributed by atoms with Gasteiger partial charge in [-0.15, -0.1) is 0 Å². The molecule has 0 radical (unpaired) electrons. The molecule has 0 unspecified atom stereocenters. The largest absolute Gasteiger partial charge is 0.464 e. The Morgan fingerprint density at radius 1 is 1.27 bits per heavy atom. The molecule has 1 aromatic carbocycles.